The van der Waals surface area contributed by atoms with Crippen LogP contribution >= 0.6 is 0 Å². The number of alkyl halides is 1. The van der Waals surface area contributed by atoms with E-state index < -0.39 is 17.8 Å². The average molecular weight is 477 g/mol. The second kappa shape index (κ2) is 8.96. The van der Waals surface area contributed by atoms with E-state index in [0.29, 0.717) is 23.0 Å². The summed E-state index contributed by atoms with van der Waals surface area (Å²) in [5.74, 6) is -0.667. The first kappa shape index (κ1) is 23.3. The number of allylic oxidation sites excluding steroid dienone is 1. The molecule has 5 rings (SSSR count). The molecule has 1 aliphatic heterocycles. The monoisotopic (exact) mass is 476 g/mol. The molecule has 35 heavy (non-hydrogen) atoms. The van der Waals surface area contributed by atoms with E-state index in [1.165, 1.54) is 23.4 Å². The van der Waals surface area contributed by atoms with E-state index in [9.17, 15) is 19.1 Å². The number of pyridine rings is 1. The van der Waals surface area contributed by atoms with E-state index in [1.807, 2.05) is 6.07 Å². The van der Waals surface area contributed by atoms with E-state index in [-0.39, 0.29) is 22.7 Å². The fourth-order valence-corrected chi connectivity index (χ4v) is 4.95. The second-order valence-corrected chi connectivity index (χ2v) is 9.52. The number of ether oxygens (including phenoxy) is 1. The van der Waals surface area contributed by atoms with Crippen LogP contribution in [0.15, 0.2) is 53.5 Å². The Hall–Kier alpha value is -3.45. The number of nitrogens with zero attached hydrogens (tertiary/aromatic N) is 1. The molecule has 2 N–H and O–H groups in total. The molecule has 7 heteroatoms. The Morgan fingerprint density at radius 2 is 2.03 bits per heavy atom. The lowest BCUT2D eigenvalue weighted by Crippen LogP contribution is -2.35. The van der Waals surface area contributed by atoms with Gasteiger partial charge in [0, 0.05) is 30.4 Å². The highest BCUT2D eigenvalue weighted by Crippen LogP contribution is 2.44. The molecule has 3 unspecified atom stereocenters. The summed E-state index contributed by atoms with van der Waals surface area (Å²) in [7, 11) is 0. The highest BCUT2D eigenvalue weighted by molar-refractivity contribution is 5.97. The van der Waals surface area contributed by atoms with Crippen LogP contribution in [0.1, 0.15) is 67.1 Å². The number of benzene rings is 2. The SMILES string of the molecule is CC=CC(F)Oc1c(-c2ccc3c(c2)CNC(C)C3C)ccc2c(=O)c(C(=O)O)cn(C3CC3)c12. The fraction of sp³-hybridized carbons (Fsp3) is 0.357. The normalized spacial score (nSPS) is 20.7. The molecule has 0 amide bonds. The Morgan fingerprint density at radius 1 is 1.26 bits per heavy atom. The molecule has 0 spiro atoms. The number of carbonyl (C=O) groups is 1. The summed E-state index contributed by atoms with van der Waals surface area (Å²) < 4.78 is 22.5. The molecule has 2 heterocycles. The van der Waals surface area contributed by atoms with Crippen molar-refractivity contribution in [2.75, 3.05) is 0 Å². The Labute approximate surface area is 203 Å². The number of nitrogens with one attached hydrogen (secondary N) is 1. The number of fused-ring (bicyclic) bond motifs is 2. The van der Waals surface area contributed by atoms with Crippen molar-refractivity contribution in [2.45, 2.75) is 64.5 Å². The zero-order valence-electron chi connectivity index (χ0n) is 20.0. The molecule has 2 aromatic carbocycles. The van der Waals surface area contributed by atoms with Gasteiger partial charge in [-0.15, -0.1) is 0 Å². The topological polar surface area (TPSA) is 80.6 Å². The van der Waals surface area contributed by atoms with Gasteiger partial charge in [0.25, 0.3) is 6.36 Å². The van der Waals surface area contributed by atoms with E-state index in [4.69, 9.17) is 4.74 Å². The molecule has 3 atom stereocenters. The Balaban J connectivity index is 1.77. The molecule has 2 aliphatic rings. The van der Waals surface area contributed by atoms with Crippen LogP contribution in [0.5, 0.6) is 5.75 Å². The summed E-state index contributed by atoms with van der Waals surface area (Å²) >= 11 is 0. The Morgan fingerprint density at radius 3 is 2.71 bits per heavy atom. The van der Waals surface area contributed by atoms with Crippen LogP contribution in [0.4, 0.5) is 4.39 Å². The largest absolute Gasteiger partial charge is 0.477 e. The molecule has 3 aromatic rings. The smallest absolute Gasteiger partial charge is 0.341 e. The molecule has 0 bridgehead atoms. The third-order valence-corrected chi connectivity index (χ3v) is 7.20. The van der Waals surface area contributed by atoms with Gasteiger partial charge in [-0.25, -0.2) is 4.79 Å². The van der Waals surface area contributed by atoms with Crippen LogP contribution in [-0.4, -0.2) is 28.0 Å². The van der Waals surface area contributed by atoms with Gasteiger partial charge in [0.2, 0.25) is 5.43 Å². The predicted molar refractivity (Wildman–Crippen MR) is 134 cm³/mol. The number of aromatic carboxylic acids is 1. The molecule has 0 saturated heterocycles. The van der Waals surface area contributed by atoms with E-state index in [0.717, 1.165) is 24.9 Å². The zero-order valence-corrected chi connectivity index (χ0v) is 20.0. The lowest BCUT2D eigenvalue weighted by Gasteiger charge is -2.30. The van der Waals surface area contributed by atoms with Crippen molar-refractivity contribution < 1.29 is 19.0 Å². The molecule has 1 aliphatic carbocycles. The molecule has 6 nitrogen and oxygen atoms in total. The summed E-state index contributed by atoms with van der Waals surface area (Å²) in [6.07, 6.45) is 4.24. The van der Waals surface area contributed by atoms with Gasteiger partial charge in [-0.1, -0.05) is 25.1 Å². The number of rotatable bonds is 6. The van der Waals surface area contributed by atoms with Gasteiger partial charge in [-0.2, -0.15) is 4.39 Å². The van der Waals surface area contributed by atoms with Crippen LogP contribution in [0, 0.1) is 0 Å². The van der Waals surface area contributed by atoms with Gasteiger partial charge >= 0.3 is 5.97 Å². The quantitative estimate of drug-likeness (QED) is 0.456. The maximum absolute atomic E-state index is 14.8. The number of hydrogen-bond donors (Lipinski definition) is 2. The van der Waals surface area contributed by atoms with Crippen LogP contribution in [0.3, 0.4) is 0 Å². The van der Waals surface area contributed by atoms with Gasteiger partial charge in [0.1, 0.15) is 5.56 Å². The zero-order chi connectivity index (χ0) is 24.9. The van der Waals surface area contributed by atoms with Gasteiger partial charge in [-0.3, -0.25) is 4.79 Å². The number of carboxylic acids is 1. The van der Waals surface area contributed by atoms with Crippen molar-refractivity contribution in [1.82, 2.24) is 9.88 Å². The van der Waals surface area contributed by atoms with Crippen LogP contribution < -0.4 is 15.5 Å². The number of carboxylic acid groups (broad SMARTS) is 1. The number of hydrogen-bond acceptors (Lipinski definition) is 4. The van der Waals surface area contributed by atoms with Crippen molar-refractivity contribution in [3.8, 4) is 16.9 Å². The maximum Gasteiger partial charge on any atom is 0.341 e. The predicted octanol–water partition coefficient (Wildman–Crippen LogP) is 5.55. The molecule has 1 fully saturated rings. The van der Waals surface area contributed by atoms with Crippen molar-refractivity contribution in [3.05, 3.63) is 75.6 Å². The van der Waals surface area contributed by atoms with E-state index in [2.05, 4.69) is 31.3 Å². The van der Waals surface area contributed by atoms with Gasteiger partial charge in [-0.05, 0) is 73.6 Å². The molecular weight excluding hydrogens is 447 g/mol. The third kappa shape index (κ3) is 4.14. The first-order chi connectivity index (χ1) is 16.8. The lowest BCUT2D eigenvalue weighted by atomic mass is 9.85. The van der Waals surface area contributed by atoms with Gasteiger partial charge < -0.3 is 19.7 Å². The first-order valence-corrected chi connectivity index (χ1v) is 12.1. The molecule has 1 saturated carbocycles. The van der Waals surface area contributed by atoms with Crippen LogP contribution in [-0.2, 0) is 6.54 Å². The summed E-state index contributed by atoms with van der Waals surface area (Å²) in [5.41, 5.74) is 3.51. The van der Waals surface area contributed by atoms with Crippen molar-refractivity contribution >= 4 is 16.9 Å². The number of aromatic nitrogens is 1. The molecule has 182 valence electrons. The Bertz CT molecular complexity index is 1410. The third-order valence-electron chi connectivity index (χ3n) is 7.20. The number of halogens is 1. The van der Waals surface area contributed by atoms with Crippen molar-refractivity contribution in [1.29, 1.82) is 0 Å². The molecule has 0 radical (unpaired) electrons. The summed E-state index contributed by atoms with van der Waals surface area (Å²) in [5, 5.41) is 13.3. The summed E-state index contributed by atoms with van der Waals surface area (Å²) in [4.78, 5) is 24.8. The van der Waals surface area contributed by atoms with Crippen molar-refractivity contribution in [3.63, 3.8) is 0 Å². The average Bonchev–Trinajstić information content (AvgIpc) is 3.67. The van der Waals surface area contributed by atoms with E-state index >= 15 is 0 Å². The maximum atomic E-state index is 14.8. The second-order valence-electron chi connectivity index (χ2n) is 9.52. The van der Waals surface area contributed by atoms with Crippen LogP contribution in [0.25, 0.3) is 22.0 Å². The van der Waals surface area contributed by atoms with Gasteiger partial charge in [0.15, 0.2) is 5.75 Å². The standard InChI is InChI=1S/C28H29FN2O4/c1-4-5-24(29)35-27-21(17-6-9-20-15(2)16(3)30-13-18(20)12-17)10-11-22-25(27)31(19-7-8-19)14-23(26(22)32)28(33)34/h4-6,9-12,14-16,19,24,30H,7-8,13H2,1-3H3,(H,33,34). The van der Waals surface area contributed by atoms with Crippen molar-refractivity contribution in [2.24, 2.45) is 0 Å². The first-order valence-electron chi connectivity index (χ1n) is 12.1. The minimum atomic E-state index is -1.72. The van der Waals surface area contributed by atoms with Gasteiger partial charge in [0.05, 0.1) is 10.9 Å². The minimum absolute atomic E-state index is 0.0450. The minimum Gasteiger partial charge on any atom is -0.477 e. The molecular formula is C28H29FN2O4. The summed E-state index contributed by atoms with van der Waals surface area (Å²) in [6.45, 7) is 6.80. The van der Waals surface area contributed by atoms with E-state index in [1.54, 1.807) is 29.7 Å². The lowest BCUT2D eigenvalue weighted by molar-refractivity contribution is 0.0694. The fourth-order valence-electron chi connectivity index (χ4n) is 4.95. The highest BCUT2D eigenvalue weighted by Gasteiger charge is 2.30. The summed E-state index contributed by atoms with van der Waals surface area (Å²) in [6, 6.07) is 10.00. The Kier molecular flexibility index (Phi) is 5.97. The molecule has 1 aromatic heterocycles. The van der Waals surface area contributed by atoms with Crippen LogP contribution in [0.2, 0.25) is 0 Å². The highest BCUT2D eigenvalue weighted by atomic mass is 19.1.